The molecule has 5 nitrogen and oxygen atoms in total. The van der Waals surface area contributed by atoms with Gasteiger partial charge in [-0.25, -0.2) is 4.98 Å². The molecule has 0 aliphatic carbocycles. The first-order valence-corrected chi connectivity index (χ1v) is 5.12. The second-order valence-electron chi connectivity index (χ2n) is 2.81. The molecule has 0 aromatic carbocycles. The van der Waals surface area contributed by atoms with Crippen molar-refractivity contribution in [2.75, 3.05) is 6.54 Å². The Morgan fingerprint density at radius 3 is 3.00 bits per heavy atom. The maximum Gasteiger partial charge on any atom is 0.259 e. The fourth-order valence-electron chi connectivity index (χ4n) is 1.08. The second kappa shape index (κ2) is 3.85. The largest absolute Gasteiger partial charge is 0.420 e. The van der Waals surface area contributed by atoms with E-state index in [2.05, 4.69) is 15.2 Å². The van der Waals surface area contributed by atoms with Gasteiger partial charge in [-0.2, -0.15) is 0 Å². The summed E-state index contributed by atoms with van der Waals surface area (Å²) in [7, 11) is 0. The number of rotatable bonds is 3. The number of aromatic nitrogens is 3. The van der Waals surface area contributed by atoms with E-state index in [1.807, 2.05) is 6.92 Å². The van der Waals surface area contributed by atoms with E-state index in [1.165, 1.54) is 11.3 Å². The zero-order chi connectivity index (χ0) is 9.97. The third-order valence-corrected chi connectivity index (χ3v) is 2.68. The van der Waals surface area contributed by atoms with Crippen LogP contribution in [0.3, 0.4) is 0 Å². The van der Waals surface area contributed by atoms with Crippen molar-refractivity contribution in [3.8, 4) is 10.8 Å². The van der Waals surface area contributed by atoms with Gasteiger partial charge in [-0.15, -0.1) is 21.5 Å². The molecule has 0 unspecified atom stereocenters. The van der Waals surface area contributed by atoms with Crippen LogP contribution in [0.15, 0.2) is 9.93 Å². The summed E-state index contributed by atoms with van der Waals surface area (Å²) in [6, 6.07) is 0. The molecule has 0 bridgehead atoms. The highest BCUT2D eigenvalue weighted by atomic mass is 32.1. The average Bonchev–Trinajstić information content (AvgIpc) is 2.74. The standard InChI is InChI=1S/C8H10N4OS/c1-5-7(14-4-10-5)8-12-11-6(13-8)2-3-9/h4H,2-3,9H2,1H3. The van der Waals surface area contributed by atoms with Crippen LogP contribution in [-0.2, 0) is 6.42 Å². The van der Waals surface area contributed by atoms with Crippen molar-refractivity contribution in [1.82, 2.24) is 15.2 Å². The van der Waals surface area contributed by atoms with Gasteiger partial charge in [-0.05, 0) is 6.92 Å². The molecule has 14 heavy (non-hydrogen) atoms. The Morgan fingerprint density at radius 2 is 2.36 bits per heavy atom. The normalized spacial score (nSPS) is 10.7. The van der Waals surface area contributed by atoms with E-state index in [0.717, 1.165) is 10.6 Å². The fraction of sp³-hybridized carbons (Fsp3) is 0.375. The second-order valence-corrected chi connectivity index (χ2v) is 3.66. The Bertz CT molecular complexity index is 422. The van der Waals surface area contributed by atoms with Crippen molar-refractivity contribution in [2.45, 2.75) is 13.3 Å². The molecule has 2 N–H and O–H groups in total. The Labute approximate surface area is 85.0 Å². The van der Waals surface area contributed by atoms with Gasteiger partial charge in [0.1, 0.15) is 4.88 Å². The molecule has 0 aliphatic heterocycles. The van der Waals surface area contributed by atoms with Crippen LogP contribution in [0.4, 0.5) is 0 Å². The highest BCUT2D eigenvalue weighted by Crippen LogP contribution is 2.25. The molecule has 0 spiro atoms. The lowest BCUT2D eigenvalue weighted by Crippen LogP contribution is -2.02. The van der Waals surface area contributed by atoms with Crippen LogP contribution in [0.2, 0.25) is 0 Å². The summed E-state index contributed by atoms with van der Waals surface area (Å²) >= 11 is 1.50. The molecule has 74 valence electrons. The molecule has 0 amide bonds. The number of nitrogens with two attached hydrogens (primary N) is 1. The number of aryl methyl sites for hydroxylation is 1. The van der Waals surface area contributed by atoms with E-state index in [0.29, 0.717) is 24.7 Å². The molecule has 0 aliphatic rings. The van der Waals surface area contributed by atoms with Crippen LogP contribution in [0.25, 0.3) is 10.8 Å². The molecule has 0 radical (unpaired) electrons. The summed E-state index contributed by atoms with van der Waals surface area (Å²) in [6.45, 7) is 2.43. The Morgan fingerprint density at radius 1 is 1.50 bits per heavy atom. The van der Waals surface area contributed by atoms with Crippen LogP contribution < -0.4 is 5.73 Å². The molecular formula is C8H10N4OS. The highest BCUT2D eigenvalue weighted by Gasteiger charge is 2.12. The topological polar surface area (TPSA) is 77.8 Å². The van der Waals surface area contributed by atoms with Crippen molar-refractivity contribution < 1.29 is 4.42 Å². The predicted molar refractivity (Wildman–Crippen MR) is 52.9 cm³/mol. The lowest BCUT2D eigenvalue weighted by atomic mass is 10.4. The molecule has 2 aromatic heterocycles. The summed E-state index contributed by atoms with van der Waals surface area (Å²) < 4.78 is 5.42. The number of nitrogens with zero attached hydrogens (tertiary/aromatic N) is 3. The smallest absolute Gasteiger partial charge is 0.259 e. The van der Waals surface area contributed by atoms with Crippen molar-refractivity contribution in [3.05, 3.63) is 17.1 Å². The van der Waals surface area contributed by atoms with Gasteiger partial charge in [0.2, 0.25) is 5.89 Å². The van der Waals surface area contributed by atoms with Gasteiger partial charge < -0.3 is 10.2 Å². The Kier molecular flexibility index (Phi) is 2.55. The first kappa shape index (κ1) is 9.29. The molecule has 2 aromatic rings. The maximum atomic E-state index is 5.42. The van der Waals surface area contributed by atoms with Gasteiger partial charge in [0, 0.05) is 13.0 Å². The number of thiazole rings is 1. The number of hydrogen-bond acceptors (Lipinski definition) is 6. The van der Waals surface area contributed by atoms with E-state index in [4.69, 9.17) is 10.2 Å². The minimum atomic E-state index is 0.517. The van der Waals surface area contributed by atoms with Crippen molar-refractivity contribution in [2.24, 2.45) is 5.73 Å². The van der Waals surface area contributed by atoms with Gasteiger partial charge in [-0.3, -0.25) is 0 Å². The molecule has 6 heteroatoms. The van der Waals surface area contributed by atoms with Crippen molar-refractivity contribution >= 4 is 11.3 Å². The zero-order valence-corrected chi connectivity index (χ0v) is 8.54. The lowest BCUT2D eigenvalue weighted by molar-refractivity contribution is 0.508. The molecule has 0 saturated carbocycles. The lowest BCUT2D eigenvalue weighted by Gasteiger charge is -1.89. The van der Waals surface area contributed by atoms with Crippen LogP contribution in [0.5, 0.6) is 0 Å². The predicted octanol–water partition coefficient (Wildman–Crippen LogP) is 1.00. The minimum Gasteiger partial charge on any atom is -0.420 e. The molecule has 0 saturated heterocycles. The molecule has 2 rings (SSSR count). The van der Waals surface area contributed by atoms with Crippen LogP contribution in [0.1, 0.15) is 11.6 Å². The van der Waals surface area contributed by atoms with Crippen LogP contribution >= 0.6 is 11.3 Å². The maximum absolute atomic E-state index is 5.42. The Hall–Kier alpha value is -1.27. The molecule has 0 fully saturated rings. The van der Waals surface area contributed by atoms with E-state index in [1.54, 1.807) is 5.51 Å². The highest BCUT2D eigenvalue weighted by molar-refractivity contribution is 7.13. The van der Waals surface area contributed by atoms with E-state index in [9.17, 15) is 0 Å². The fourth-order valence-corrected chi connectivity index (χ4v) is 1.80. The summed E-state index contributed by atoms with van der Waals surface area (Å²) in [6.07, 6.45) is 0.616. The summed E-state index contributed by atoms with van der Waals surface area (Å²) in [4.78, 5) is 5.05. The van der Waals surface area contributed by atoms with Gasteiger partial charge >= 0.3 is 0 Å². The summed E-state index contributed by atoms with van der Waals surface area (Å²) in [5.41, 5.74) is 8.06. The first-order chi connectivity index (χ1) is 6.81. The third kappa shape index (κ3) is 1.66. The van der Waals surface area contributed by atoms with Crippen LogP contribution in [0, 0.1) is 6.92 Å². The molecule has 2 heterocycles. The van der Waals surface area contributed by atoms with Crippen molar-refractivity contribution in [3.63, 3.8) is 0 Å². The quantitative estimate of drug-likeness (QED) is 0.817. The molecular weight excluding hydrogens is 200 g/mol. The third-order valence-electron chi connectivity index (χ3n) is 1.76. The van der Waals surface area contributed by atoms with Crippen LogP contribution in [-0.4, -0.2) is 21.7 Å². The Balaban J connectivity index is 2.29. The summed E-state index contributed by atoms with van der Waals surface area (Å²) in [5, 5.41) is 7.82. The summed E-state index contributed by atoms with van der Waals surface area (Å²) in [5.74, 6) is 1.11. The van der Waals surface area contributed by atoms with Gasteiger partial charge in [0.15, 0.2) is 0 Å². The van der Waals surface area contributed by atoms with E-state index < -0.39 is 0 Å². The van der Waals surface area contributed by atoms with E-state index >= 15 is 0 Å². The minimum absolute atomic E-state index is 0.517. The van der Waals surface area contributed by atoms with Gasteiger partial charge in [-0.1, -0.05) is 0 Å². The zero-order valence-electron chi connectivity index (χ0n) is 7.73. The van der Waals surface area contributed by atoms with E-state index in [-0.39, 0.29) is 0 Å². The van der Waals surface area contributed by atoms with Gasteiger partial charge in [0.25, 0.3) is 5.89 Å². The van der Waals surface area contributed by atoms with Crippen molar-refractivity contribution in [1.29, 1.82) is 0 Å². The number of hydrogen-bond donors (Lipinski definition) is 1. The monoisotopic (exact) mass is 210 g/mol. The van der Waals surface area contributed by atoms with Gasteiger partial charge in [0.05, 0.1) is 11.2 Å². The molecule has 0 atom stereocenters. The average molecular weight is 210 g/mol. The first-order valence-electron chi connectivity index (χ1n) is 4.24. The SMILES string of the molecule is Cc1ncsc1-c1nnc(CCN)o1.